The third-order valence-electron chi connectivity index (χ3n) is 7.15. The van der Waals surface area contributed by atoms with Crippen molar-refractivity contribution in [3.63, 3.8) is 0 Å². The molecule has 3 heterocycles. The van der Waals surface area contributed by atoms with Crippen molar-refractivity contribution >= 4 is 29.1 Å². The first-order chi connectivity index (χ1) is 19.1. The lowest BCUT2D eigenvalue weighted by atomic mass is 9.97. The molecular weight excluding hydrogens is 542 g/mol. The number of anilines is 1. The molecular formula is C29H31ClF2N4O4. The van der Waals surface area contributed by atoms with Gasteiger partial charge in [-0.2, -0.15) is 0 Å². The molecule has 2 unspecified atom stereocenters. The van der Waals surface area contributed by atoms with Crippen LogP contribution in [-0.4, -0.2) is 50.2 Å². The summed E-state index contributed by atoms with van der Waals surface area (Å²) in [4.78, 5) is 38.2. The summed E-state index contributed by atoms with van der Waals surface area (Å²) in [6.07, 6.45) is 2.53. The van der Waals surface area contributed by atoms with Gasteiger partial charge in [-0.05, 0) is 55.8 Å². The van der Waals surface area contributed by atoms with E-state index in [-0.39, 0.29) is 47.7 Å². The number of halogens is 3. The van der Waals surface area contributed by atoms with Crippen LogP contribution in [-0.2, 0) is 4.79 Å². The van der Waals surface area contributed by atoms with Crippen molar-refractivity contribution in [1.82, 2.24) is 15.2 Å². The van der Waals surface area contributed by atoms with Gasteiger partial charge in [0.15, 0.2) is 0 Å². The van der Waals surface area contributed by atoms with E-state index < -0.39 is 17.6 Å². The number of aromatic nitrogens is 1. The Morgan fingerprint density at radius 3 is 2.38 bits per heavy atom. The number of aryl methyl sites for hydroxylation is 1. The Morgan fingerprint density at radius 1 is 1.12 bits per heavy atom. The summed E-state index contributed by atoms with van der Waals surface area (Å²) in [5.41, 5.74) is 1.19. The smallest absolute Gasteiger partial charge is 0.275 e. The van der Waals surface area contributed by atoms with Crippen LogP contribution in [0.4, 0.5) is 14.5 Å². The fourth-order valence-corrected chi connectivity index (χ4v) is 5.18. The molecule has 8 nitrogen and oxygen atoms in total. The molecule has 2 aromatic carbocycles. The number of carbonyl (C=O) groups is 2. The Hall–Kier alpha value is -3.76. The molecule has 2 atom stereocenters. The van der Waals surface area contributed by atoms with Crippen LogP contribution >= 0.6 is 11.6 Å². The number of nitrogens with one attached hydrogen (secondary N) is 2. The number of ether oxygens (including phenoxy) is 1. The zero-order chi connectivity index (χ0) is 29.0. The van der Waals surface area contributed by atoms with Gasteiger partial charge in [-0.15, -0.1) is 0 Å². The summed E-state index contributed by atoms with van der Waals surface area (Å²) in [6, 6.07) is 10.8. The van der Waals surface area contributed by atoms with Crippen molar-refractivity contribution in [1.29, 1.82) is 0 Å². The van der Waals surface area contributed by atoms with Crippen LogP contribution in [0.25, 0.3) is 0 Å². The Labute approximate surface area is 235 Å². The van der Waals surface area contributed by atoms with Gasteiger partial charge in [-0.1, -0.05) is 11.6 Å². The molecule has 0 aliphatic carbocycles. The minimum absolute atomic E-state index is 0.0341. The van der Waals surface area contributed by atoms with Crippen molar-refractivity contribution in [3.8, 4) is 5.75 Å². The maximum Gasteiger partial charge on any atom is 0.275 e. The lowest BCUT2D eigenvalue weighted by molar-refractivity contribution is -0.117. The molecule has 0 spiro atoms. The maximum absolute atomic E-state index is 14.5. The summed E-state index contributed by atoms with van der Waals surface area (Å²) < 4.78 is 35.6. The predicted octanol–water partition coefficient (Wildman–Crippen LogP) is 4.20. The van der Waals surface area contributed by atoms with Gasteiger partial charge < -0.3 is 24.8 Å². The van der Waals surface area contributed by atoms with Crippen molar-refractivity contribution < 1.29 is 23.1 Å². The predicted molar refractivity (Wildman–Crippen MR) is 149 cm³/mol. The average molecular weight is 573 g/mol. The number of benzene rings is 2. The highest BCUT2D eigenvalue weighted by atomic mass is 35.5. The van der Waals surface area contributed by atoms with Crippen LogP contribution in [0.15, 0.2) is 53.5 Å². The number of amides is 2. The van der Waals surface area contributed by atoms with E-state index in [1.54, 1.807) is 49.0 Å². The summed E-state index contributed by atoms with van der Waals surface area (Å²) in [7, 11) is 2.93. The molecule has 5 rings (SSSR count). The second-order valence-electron chi connectivity index (χ2n) is 9.70. The highest BCUT2D eigenvalue weighted by Crippen LogP contribution is 2.36. The first-order valence-electron chi connectivity index (χ1n) is 12.9. The van der Waals surface area contributed by atoms with Crippen LogP contribution in [0.1, 0.15) is 46.3 Å². The second kappa shape index (κ2) is 12.6. The summed E-state index contributed by atoms with van der Waals surface area (Å²) in [5, 5.41) is 6.38. The molecule has 2 fully saturated rings. The van der Waals surface area contributed by atoms with Gasteiger partial charge in [0.1, 0.15) is 23.1 Å². The first-order valence-corrected chi connectivity index (χ1v) is 13.3. The quantitative estimate of drug-likeness (QED) is 0.478. The second-order valence-corrected chi connectivity index (χ2v) is 10.1. The molecule has 0 bridgehead atoms. The Morgan fingerprint density at radius 2 is 1.80 bits per heavy atom. The molecule has 2 saturated heterocycles. The van der Waals surface area contributed by atoms with E-state index >= 15 is 0 Å². The fraction of sp³-hybridized carbons (Fsp3) is 0.345. The molecule has 212 valence electrons. The standard InChI is InChI=1S/C21H23F2N3O3.C8H8ClNO/c1-12-4-6-25(14-3-5-24-10-14)21(28)20(12)26-11-13(7-18(26)27)19-16(22)8-15(29-2)9-17(19)23;1-10-8(11)6-2-4-7(9)5-3-6/h4,6,8-9,13-14,24H,3,5,7,10-11H2,1-2H3;2-5H,1H3,(H,10,11). The van der Waals surface area contributed by atoms with Crippen LogP contribution in [0.3, 0.4) is 0 Å². The van der Waals surface area contributed by atoms with Gasteiger partial charge in [-0.25, -0.2) is 8.78 Å². The molecule has 11 heteroatoms. The summed E-state index contributed by atoms with van der Waals surface area (Å²) >= 11 is 5.63. The van der Waals surface area contributed by atoms with Crippen molar-refractivity contribution in [3.05, 3.63) is 92.4 Å². The van der Waals surface area contributed by atoms with Crippen LogP contribution in [0, 0.1) is 18.6 Å². The Bertz CT molecular complexity index is 1430. The minimum Gasteiger partial charge on any atom is -0.497 e. The molecule has 0 saturated carbocycles. The highest BCUT2D eigenvalue weighted by Gasteiger charge is 2.37. The fourth-order valence-electron chi connectivity index (χ4n) is 5.05. The van der Waals surface area contributed by atoms with E-state index in [1.807, 2.05) is 6.07 Å². The lowest BCUT2D eigenvalue weighted by Crippen LogP contribution is -2.35. The molecule has 2 amide bonds. The average Bonchev–Trinajstić information content (AvgIpc) is 3.59. The minimum atomic E-state index is -0.749. The zero-order valence-corrected chi connectivity index (χ0v) is 23.2. The summed E-state index contributed by atoms with van der Waals surface area (Å²) in [6.45, 7) is 3.35. The van der Waals surface area contributed by atoms with Gasteiger partial charge in [0.2, 0.25) is 5.91 Å². The normalized spacial score (nSPS) is 18.4. The largest absolute Gasteiger partial charge is 0.497 e. The van der Waals surface area contributed by atoms with E-state index in [4.69, 9.17) is 16.3 Å². The lowest BCUT2D eigenvalue weighted by Gasteiger charge is -2.22. The Kier molecular flexibility index (Phi) is 9.21. The molecule has 2 N–H and O–H groups in total. The third-order valence-corrected chi connectivity index (χ3v) is 7.40. The molecule has 3 aromatic rings. The maximum atomic E-state index is 14.5. The number of pyridine rings is 1. The van der Waals surface area contributed by atoms with Gasteiger partial charge >= 0.3 is 0 Å². The zero-order valence-electron chi connectivity index (χ0n) is 22.5. The molecule has 1 aromatic heterocycles. The highest BCUT2D eigenvalue weighted by molar-refractivity contribution is 6.30. The van der Waals surface area contributed by atoms with Crippen LogP contribution < -0.4 is 25.8 Å². The van der Waals surface area contributed by atoms with Crippen molar-refractivity contribution in [2.24, 2.45) is 0 Å². The molecule has 2 aliphatic rings. The monoisotopic (exact) mass is 572 g/mol. The number of hydrogen-bond acceptors (Lipinski definition) is 5. The summed E-state index contributed by atoms with van der Waals surface area (Å²) in [5.74, 6) is -2.50. The van der Waals surface area contributed by atoms with E-state index in [0.717, 1.165) is 25.1 Å². The number of nitrogens with zero attached hydrogens (tertiary/aromatic N) is 2. The van der Waals surface area contributed by atoms with Crippen LogP contribution in [0.5, 0.6) is 5.75 Å². The molecule has 0 radical (unpaired) electrons. The number of rotatable bonds is 5. The molecule has 40 heavy (non-hydrogen) atoms. The van der Waals surface area contributed by atoms with E-state index in [1.165, 1.54) is 12.0 Å². The number of methoxy groups -OCH3 is 1. The van der Waals surface area contributed by atoms with E-state index in [9.17, 15) is 23.2 Å². The van der Waals surface area contributed by atoms with E-state index in [0.29, 0.717) is 28.4 Å². The SMILES string of the molecule is CNC(=O)c1ccc(Cl)cc1.COc1cc(F)c(C2CC(=O)N(c3c(C)ccn(C4CCNC4)c3=O)C2)c(F)c1. The van der Waals surface area contributed by atoms with Crippen molar-refractivity contribution in [2.45, 2.75) is 31.7 Å². The third kappa shape index (κ3) is 6.18. The topological polar surface area (TPSA) is 92.7 Å². The number of hydrogen-bond donors (Lipinski definition) is 2. The van der Waals surface area contributed by atoms with Gasteiger partial charge in [0, 0.05) is 67.0 Å². The Balaban J connectivity index is 0.000000283. The van der Waals surface area contributed by atoms with Gasteiger partial charge in [0.25, 0.3) is 11.5 Å². The van der Waals surface area contributed by atoms with Crippen LogP contribution in [0.2, 0.25) is 5.02 Å². The van der Waals surface area contributed by atoms with Gasteiger partial charge in [0.05, 0.1) is 13.2 Å². The van der Waals surface area contributed by atoms with Gasteiger partial charge in [-0.3, -0.25) is 14.4 Å². The first kappa shape index (κ1) is 29.2. The molecule has 2 aliphatic heterocycles. The van der Waals surface area contributed by atoms with Crippen molar-refractivity contribution in [2.75, 3.05) is 38.7 Å². The van der Waals surface area contributed by atoms with E-state index in [2.05, 4.69) is 10.6 Å². The number of carbonyl (C=O) groups excluding carboxylic acids is 2.